The predicted octanol–water partition coefficient (Wildman–Crippen LogP) is 2.71. The molecule has 0 unspecified atom stereocenters. The number of hydrogen-bond donors (Lipinski definition) is 0. The molecule has 6 heteroatoms. The monoisotopic (exact) mass is 318 g/mol. The van der Waals surface area contributed by atoms with Gasteiger partial charge < -0.3 is 4.74 Å². The van der Waals surface area contributed by atoms with Crippen molar-refractivity contribution in [2.75, 3.05) is 13.7 Å². The molecule has 1 aliphatic heterocycles. The molecule has 0 bridgehead atoms. The minimum Gasteiger partial charge on any atom is -0.496 e. The third-order valence-electron chi connectivity index (χ3n) is 4.46. The van der Waals surface area contributed by atoms with Gasteiger partial charge in [0.1, 0.15) is 23.2 Å². The third kappa shape index (κ3) is 3.52. The fourth-order valence-corrected chi connectivity index (χ4v) is 3.33. The van der Waals surface area contributed by atoms with E-state index in [1.54, 1.807) is 19.2 Å². The Morgan fingerprint density at radius 2 is 2.17 bits per heavy atom. The summed E-state index contributed by atoms with van der Waals surface area (Å²) in [6.45, 7) is 6.42. The molecule has 0 spiro atoms. The van der Waals surface area contributed by atoms with Gasteiger partial charge in [0.05, 0.1) is 13.7 Å². The highest BCUT2D eigenvalue weighted by Crippen LogP contribution is 2.26. The van der Waals surface area contributed by atoms with Crippen LogP contribution in [0.3, 0.4) is 0 Å². The first kappa shape index (κ1) is 15.9. The fraction of sp³-hybridized carbons (Fsp3) is 0.529. The standard InChI is InChI=1S/C17H23FN4O/c1-12-19-13(2)22(20-12)11-16-5-4-8-21(16)10-14-9-15(18)6-7-17(14)23-3/h6-7,9,16H,4-5,8,10-11H2,1-3H3/t16-/m0/s1. The van der Waals surface area contributed by atoms with Gasteiger partial charge in [0.2, 0.25) is 0 Å². The van der Waals surface area contributed by atoms with E-state index in [9.17, 15) is 4.39 Å². The first-order valence-electron chi connectivity index (χ1n) is 8.01. The highest BCUT2D eigenvalue weighted by Gasteiger charge is 2.26. The number of halogens is 1. The number of aromatic nitrogens is 3. The number of likely N-dealkylation sites (tertiary alicyclic amines) is 1. The lowest BCUT2D eigenvalue weighted by molar-refractivity contribution is 0.215. The van der Waals surface area contributed by atoms with Crippen molar-refractivity contribution in [1.82, 2.24) is 19.7 Å². The van der Waals surface area contributed by atoms with E-state index in [2.05, 4.69) is 15.0 Å². The average molecular weight is 318 g/mol. The predicted molar refractivity (Wildman–Crippen MR) is 85.9 cm³/mol. The Labute approximate surface area is 136 Å². The number of aryl methyl sites for hydroxylation is 2. The molecule has 124 valence electrons. The number of hydrogen-bond acceptors (Lipinski definition) is 4. The van der Waals surface area contributed by atoms with Gasteiger partial charge in [0.25, 0.3) is 0 Å². The van der Waals surface area contributed by atoms with Crippen LogP contribution in [0.25, 0.3) is 0 Å². The Morgan fingerprint density at radius 3 is 2.87 bits per heavy atom. The topological polar surface area (TPSA) is 43.2 Å². The summed E-state index contributed by atoms with van der Waals surface area (Å²) >= 11 is 0. The molecule has 1 aromatic carbocycles. The summed E-state index contributed by atoms with van der Waals surface area (Å²) in [6, 6.07) is 5.09. The molecule has 3 rings (SSSR count). The molecular formula is C17H23FN4O. The maximum Gasteiger partial charge on any atom is 0.147 e. The molecule has 5 nitrogen and oxygen atoms in total. The van der Waals surface area contributed by atoms with Crippen molar-refractivity contribution in [1.29, 1.82) is 0 Å². The Bertz CT molecular complexity index is 685. The minimum absolute atomic E-state index is 0.223. The molecule has 0 aliphatic carbocycles. The summed E-state index contributed by atoms with van der Waals surface area (Å²) in [5.41, 5.74) is 0.894. The summed E-state index contributed by atoms with van der Waals surface area (Å²) in [4.78, 5) is 6.75. The van der Waals surface area contributed by atoms with Crippen molar-refractivity contribution in [3.8, 4) is 5.75 Å². The zero-order chi connectivity index (χ0) is 16.4. The van der Waals surface area contributed by atoms with Crippen molar-refractivity contribution in [3.63, 3.8) is 0 Å². The smallest absolute Gasteiger partial charge is 0.147 e. The number of benzene rings is 1. The number of ether oxygens (including phenoxy) is 1. The molecule has 1 fully saturated rings. The molecule has 0 N–H and O–H groups in total. The third-order valence-corrected chi connectivity index (χ3v) is 4.46. The summed E-state index contributed by atoms with van der Waals surface area (Å²) in [6.07, 6.45) is 2.27. The maximum atomic E-state index is 13.6. The summed E-state index contributed by atoms with van der Waals surface area (Å²) in [5.74, 6) is 2.26. The van der Waals surface area contributed by atoms with E-state index in [0.29, 0.717) is 12.6 Å². The largest absolute Gasteiger partial charge is 0.496 e. The molecular weight excluding hydrogens is 295 g/mol. The molecule has 0 amide bonds. The van der Waals surface area contributed by atoms with Crippen molar-refractivity contribution in [3.05, 3.63) is 41.2 Å². The van der Waals surface area contributed by atoms with Crippen LogP contribution in [-0.2, 0) is 13.1 Å². The Hall–Kier alpha value is -1.95. The van der Waals surface area contributed by atoms with Crippen molar-refractivity contribution in [2.45, 2.75) is 45.8 Å². The van der Waals surface area contributed by atoms with Crippen LogP contribution in [0.1, 0.15) is 30.1 Å². The van der Waals surface area contributed by atoms with Crippen LogP contribution in [0, 0.1) is 19.7 Å². The second-order valence-electron chi connectivity index (χ2n) is 6.11. The lowest BCUT2D eigenvalue weighted by atomic mass is 10.1. The Balaban J connectivity index is 1.74. The van der Waals surface area contributed by atoms with E-state index in [1.807, 2.05) is 18.5 Å². The van der Waals surface area contributed by atoms with Crippen molar-refractivity contribution in [2.24, 2.45) is 0 Å². The van der Waals surface area contributed by atoms with E-state index in [0.717, 1.165) is 48.9 Å². The quantitative estimate of drug-likeness (QED) is 0.850. The van der Waals surface area contributed by atoms with Gasteiger partial charge in [-0.25, -0.2) is 14.1 Å². The zero-order valence-corrected chi connectivity index (χ0v) is 13.9. The number of nitrogens with zero attached hydrogens (tertiary/aromatic N) is 4. The summed E-state index contributed by atoms with van der Waals surface area (Å²) < 4.78 is 20.9. The highest BCUT2D eigenvalue weighted by molar-refractivity contribution is 5.34. The van der Waals surface area contributed by atoms with Gasteiger partial charge in [0, 0.05) is 18.2 Å². The number of rotatable bonds is 5. The van der Waals surface area contributed by atoms with Gasteiger partial charge in [-0.2, -0.15) is 5.10 Å². The van der Waals surface area contributed by atoms with Crippen LogP contribution < -0.4 is 4.74 Å². The second-order valence-corrected chi connectivity index (χ2v) is 6.11. The molecule has 23 heavy (non-hydrogen) atoms. The molecule has 1 aliphatic rings. The lowest BCUT2D eigenvalue weighted by Gasteiger charge is -2.25. The van der Waals surface area contributed by atoms with E-state index in [-0.39, 0.29) is 5.82 Å². The SMILES string of the molecule is COc1ccc(F)cc1CN1CCC[C@H]1Cn1nc(C)nc1C. The summed E-state index contributed by atoms with van der Waals surface area (Å²) in [5, 5.41) is 4.46. The minimum atomic E-state index is -0.223. The number of methoxy groups -OCH3 is 1. The fourth-order valence-electron chi connectivity index (χ4n) is 3.33. The van der Waals surface area contributed by atoms with E-state index >= 15 is 0 Å². The zero-order valence-electron chi connectivity index (χ0n) is 13.9. The van der Waals surface area contributed by atoms with Gasteiger partial charge in [0.15, 0.2) is 0 Å². The molecule has 1 saturated heterocycles. The normalized spacial score (nSPS) is 18.5. The van der Waals surface area contributed by atoms with Gasteiger partial charge in [-0.15, -0.1) is 0 Å². The first-order chi connectivity index (χ1) is 11.1. The van der Waals surface area contributed by atoms with Crippen LogP contribution in [0.4, 0.5) is 4.39 Å². The van der Waals surface area contributed by atoms with Crippen LogP contribution in [0.15, 0.2) is 18.2 Å². The van der Waals surface area contributed by atoms with Crippen molar-refractivity contribution >= 4 is 0 Å². The van der Waals surface area contributed by atoms with E-state index < -0.39 is 0 Å². The molecule has 0 saturated carbocycles. The van der Waals surface area contributed by atoms with Gasteiger partial charge in [-0.1, -0.05) is 0 Å². The van der Waals surface area contributed by atoms with E-state index in [1.165, 1.54) is 6.07 Å². The Morgan fingerprint density at radius 1 is 1.35 bits per heavy atom. The first-order valence-corrected chi connectivity index (χ1v) is 8.01. The van der Waals surface area contributed by atoms with Gasteiger partial charge in [-0.3, -0.25) is 4.90 Å². The Kier molecular flexibility index (Phi) is 4.61. The maximum absolute atomic E-state index is 13.6. The molecule has 2 aromatic rings. The van der Waals surface area contributed by atoms with Crippen LogP contribution in [0.2, 0.25) is 0 Å². The molecule has 2 heterocycles. The highest BCUT2D eigenvalue weighted by atomic mass is 19.1. The van der Waals surface area contributed by atoms with Gasteiger partial charge in [-0.05, 0) is 51.4 Å². The molecule has 1 aromatic heterocycles. The van der Waals surface area contributed by atoms with Crippen molar-refractivity contribution < 1.29 is 9.13 Å². The summed E-state index contributed by atoms with van der Waals surface area (Å²) in [7, 11) is 1.62. The van der Waals surface area contributed by atoms with Crippen LogP contribution in [0.5, 0.6) is 5.75 Å². The molecule has 1 atom stereocenters. The van der Waals surface area contributed by atoms with Crippen LogP contribution >= 0.6 is 0 Å². The molecule has 0 radical (unpaired) electrons. The lowest BCUT2D eigenvalue weighted by Crippen LogP contribution is -2.33. The average Bonchev–Trinajstić information content (AvgIpc) is 3.06. The van der Waals surface area contributed by atoms with E-state index in [4.69, 9.17) is 4.74 Å². The van der Waals surface area contributed by atoms with Crippen LogP contribution in [-0.4, -0.2) is 39.4 Å². The second kappa shape index (κ2) is 6.66. The van der Waals surface area contributed by atoms with Gasteiger partial charge >= 0.3 is 0 Å².